The quantitative estimate of drug-likeness (QED) is 0.430. The summed E-state index contributed by atoms with van der Waals surface area (Å²) in [5.41, 5.74) is 5.16. The van der Waals surface area contributed by atoms with E-state index in [2.05, 4.69) is 4.98 Å². The Labute approximate surface area is 74.4 Å². The Morgan fingerprint density at radius 3 is 2.08 bits per heavy atom. The third-order valence-corrected chi connectivity index (χ3v) is 0.816. The van der Waals surface area contributed by atoms with Gasteiger partial charge in [0, 0.05) is 6.20 Å². The van der Waals surface area contributed by atoms with E-state index in [9.17, 15) is 0 Å². The van der Waals surface area contributed by atoms with Crippen LogP contribution in [0, 0.1) is 0 Å². The predicted octanol–water partition coefficient (Wildman–Crippen LogP) is -0.283. The van der Waals surface area contributed by atoms with Crippen molar-refractivity contribution in [1.29, 1.82) is 0 Å². The molecule has 0 fully saturated rings. The molecule has 0 aromatic carbocycles. The SMILES string of the molecule is Nc1ncccc1O.O=S(=O)(O)O. The van der Waals surface area contributed by atoms with E-state index >= 15 is 0 Å². The Balaban J connectivity index is 0.000000252. The van der Waals surface area contributed by atoms with Crippen LogP contribution in [0.15, 0.2) is 18.3 Å². The molecule has 0 atom stereocenters. The second kappa shape index (κ2) is 4.60. The molecule has 0 unspecified atom stereocenters. The number of hydrogen-bond donors (Lipinski definition) is 4. The first-order valence-corrected chi connectivity index (χ1v) is 4.29. The van der Waals surface area contributed by atoms with Crippen molar-refractivity contribution in [3.05, 3.63) is 18.3 Å². The molecule has 1 aromatic heterocycles. The Morgan fingerprint density at radius 2 is 1.85 bits per heavy atom. The second-order valence-corrected chi connectivity index (χ2v) is 2.75. The van der Waals surface area contributed by atoms with Crippen molar-refractivity contribution in [2.75, 3.05) is 5.73 Å². The maximum Gasteiger partial charge on any atom is 0.394 e. The van der Waals surface area contributed by atoms with Gasteiger partial charge in [0.2, 0.25) is 0 Å². The Morgan fingerprint density at radius 1 is 1.38 bits per heavy atom. The number of nitrogens with two attached hydrogens (primary N) is 1. The molecule has 13 heavy (non-hydrogen) atoms. The molecule has 7 nitrogen and oxygen atoms in total. The molecule has 74 valence electrons. The summed E-state index contributed by atoms with van der Waals surface area (Å²) in [4.78, 5) is 3.61. The van der Waals surface area contributed by atoms with Gasteiger partial charge in [-0.2, -0.15) is 8.42 Å². The average molecular weight is 208 g/mol. The number of hydrogen-bond acceptors (Lipinski definition) is 5. The van der Waals surface area contributed by atoms with Gasteiger partial charge in [-0.1, -0.05) is 0 Å². The molecule has 0 bridgehead atoms. The molecule has 1 aromatic rings. The molecule has 5 N–H and O–H groups in total. The average Bonchev–Trinajstić information content (AvgIpc) is 1.92. The molecule has 0 saturated heterocycles. The monoisotopic (exact) mass is 208 g/mol. The zero-order chi connectivity index (χ0) is 10.5. The number of aromatic nitrogens is 1. The van der Waals surface area contributed by atoms with Gasteiger partial charge in [-0.3, -0.25) is 9.11 Å². The molecule has 0 saturated carbocycles. The summed E-state index contributed by atoms with van der Waals surface area (Å²) < 4.78 is 31.6. The van der Waals surface area contributed by atoms with E-state index in [-0.39, 0.29) is 11.6 Å². The molecular weight excluding hydrogens is 200 g/mol. The molecular formula is C5H8N2O5S. The van der Waals surface area contributed by atoms with Crippen LogP contribution in [0.1, 0.15) is 0 Å². The van der Waals surface area contributed by atoms with Gasteiger partial charge in [0.25, 0.3) is 0 Å². The van der Waals surface area contributed by atoms with Crippen LogP contribution in [-0.4, -0.2) is 27.6 Å². The zero-order valence-electron chi connectivity index (χ0n) is 6.32. The van der Waals surface area contributed by atoms with Gasteiger partial charge in [-0.25, -0.2) is 4.98 Å². The van der Waals surface area contributed by atoms with Gasteiger partial charge >= 0.3 is 10.4 Å². The predicted molar refractivity (Wildman–Crippen MR) is 44.5 cm³/mol. The Bertz CT molecular complexity index is 334. The van der Waals surface area contributed by atoms with E-state index in [4.69, 9.17) is 28.4 Å². The lowest BCUT2D eigenvalue weighted by Gasteiger charge is -1.91. The van der Waals surface area contributed by atoms with Crippen molar-refractivity contribution < 1.29 is 22.6 Å². The summed E-state index contributed by atoms with van der Waals surface area (Å²) in [6.07, 6.45) is 1.52. The van der Waals surface area contributed by atoms with E-state index in [0.717, 1.165) is 0 Å². The lowest BCUT2D eigenvalue weighted by molar-refractivity contribution is 0.381. The highest BCUT2D eigenvalue weighted by Crippen LogP contribution is 2.12. The number of nitrogens with zero attached hydrogens (tertiary/aromatic N) is 1. The van der Waals surface area contributed by atoms with Crippen molar-refractivity contribution in [3.63, 3.8) is 0 Å². The molecule has 1 heterocycles. The molecule has 0 aliphatic heterocycles. The smallest absolute Gasteiger partial charge is 0.394 e. The highest BCUT2D eigenvalue weighted by atomic mass is 32.3. The summed E-state index contributed by atoms with van der Waals surface area (Å²) >= 11 is 0. The minimum Gasteiger partial charge on any atom is -0.504 e. The minimum atomic E-state index is -4.67. The first-order valence-electron chi connectivity index (χ1n) is 2.90. The molecule has 1 rings (SSSR count). The fourth-order valence-corrected chi connectivity index (χ4v) is 0.409. The molecule has 0 aliphatic rings. The van der Waals surface area contributed by atoms with Crippen LogP contribution >= 0.6 is 0 Å². The van der Waals surface area contributed by atoms with Crippen molar-refractivity contribution >= 4 is 16.2 Å². The first kappa shape index (κ1) is 11.6. The van der Waals surface area contributed by atoms with E-state index in [1.54, 1.807) is 6.07 Å². The van der Waals surface area contributed by atoms with Gasteiger partial charge in [-0.15, -0.1) is 0 Å². The van der Waals surface area contributed by atoms with Crippen molar-refractivity contribution in [2.45, 2.75) is 0 Å². The normalized spacial score (nSPS) is 10.0. The summed E-state index contributed by atoms with van der Waals surface area (Å²) in [7, 11) is -4.67. The number of pyridine rings is 1. The van der Waals surface area contributed by atoms with Gasteiger partial charge < -0.3 is 10.8 Å². The Kier molecular flexibility index (Phi) is 4.11. The van der Waals surface area contributed by atoms with Crippen LogP contribution in [-0.2, 0) is 10.4 Å². The van der Waals surface area contributed by atoms with Crippen LogP contribution in [0.25, 0.3) is 0 Å². The summed E-state index contributed by atoms with van der Waals surface area (Å²) in [6, 6.07) is 3.11. The van der Waals surface area contributed by atoms with Crippen molar-refractivity contribution in [1.82, 2.24) is 4.98 Å². The standard InChI is InChI=1S/C5H6N2O.H2O4S/c6-5-4(8)2-1-3-7-5;1-5(2,3)4/h1-3,8H,(H2,6,7);(H2,1,2,3,4). The molecule has 8 heteroatoms. The van der Waals surface area contributed by atoms with Crippen LogP contribution in [0.3, 0.4) is 0 Å². The molecule has 0 spiro atoms. The maximum absolute atomic E-state index is 8.74. The molecule has 0 amide bonds. The summed E-state index contributed by atoms with van der Waals surface area (Å²) in [6.45, 7) is 0. The van der Waals surface area contributed by atoms with Gasteiger partial charge in [0.05, 0.1) is 0 Å². The van der Waals surface area contributed by atoms with Crippen molar-refractivity contribution in [2.24, 2.45) is 0 Å². The minimum absolute atomic E-state index is 0.0347. The van der Waals surface area contributed by atoms with Gasteiger partial charge in [-0.05, 0) is 12.1 Å². The first-order chi connectivity index (χ1) is 5.80. The Hall–Kier alpha value is -1.38. The van der Waals surface area contributed by atoms with Crippen LogP contribution in [0.4, 0.5) is 5.82 Å². The lowest BCUT2D eigenvalue weighted by atomic mass is 10.4. The highest BCUT2D eigenvalue weighted by molar-refractivity contribution is 7.79. The second-order valence-electron chi connectivity index (χ2n) is 1.86. The molecule has 0 radical (unpaired) electrons. The van der Waals surface area contributed by atoms with Crippen LogP contribution in [0.5, 0.6) is 5.75 Å². The van der Waals surface area contributed by atoms with Gasteiger partial charge in [0.1, 0.15) is 0 Å². The largest absolute Gasteiger partial charge is 0.504 e. The number of nitrogen functional groups attached to an aromatic ring is 1. The van der Waals surface area contributed by atoms with E-state index < -0.39 is 10.4 Å². The highest BCUT2D eigenvalue weighted by Gasteiger charge is 1.89. The fraction of sp³-hybridized carbons (Fsp3) is 0. The van der Waals surface area contributed by atoms with Crippen LogP contribution < -0.4 is 5.73 Å². The van der Waals surface area contributed by atoms with Crippen LogP contribution in [0.2, 0.25) is 0 Å². The summed E-state index contributed by atoms with van der Waals surface area (Å²) in [5, 5.41) is 8.73. The van der Waals surface area contributed by atoms with E-state index in [1.807, 2.05) is 0 Å². The third-order valence-electron chi connectivity index (χ3n) is 0.816. The topological polar surface area (TPSA) is 134 Å². The fourth-order valence-electron chi connectivity index (χ4n) is 0.409. The van der Waals surface area contributed by atoms with Gasteiger partial charge in [0.15, 0.2) is 11.6 Å². The van der Waals surface area contributed by atoms with Crippen molar-refractivity contribution in [3.8, 4) is 5.75 Å². The number of aromatic hydroxyl groups is 1. The zero-order valence-corrected chi connectivity index (χ0v) is 7.14. The maximum atomic E-state index is 8.74. The summed E-state index contributed by atoms with van der Waals surface area (Å²) in [5.74, 6) is 0.208. The van der Waals surface area contributed by atoms with E-state index in [1.165, 1.54) is 12.3 Å². The third kappa shape index (κ3) is 8.53. The van der Waals surface area contributed by atoms with E-state index in [0.29, 0.717) is 0 Å². The number of rotatable bonds is 0. The molecule has 0 aliphatic carbocycles. The number of anilines is 1. The lowest BCUT2D eigenvalue weighted by Crippen LogP contribution is -1.89.